The van der Waals surface area contributed by atoms with E-state index in [9.17, 15) is 9.59 Å². The maximum absolute atomic E-state index is 12.4. The lowest BCUT2D eigenvalue weighted by Crippen LogP contribution is -2.30. The first-order chi connectivity index (χ1) is 9.56. The zero-order valence-electron chi connectivity index (χ0n) is 10.2. The molecule has 0 radical (unpaired) electrons. The molecular formula is C13H9Cl2N3O2. The van der Waals surface area contributed by atoms with Crippen LogP contribution in [0.25, 0.3) is 0 Å². The molecule has 0 N–H and O–H groups in total. The maximum Gasteiger partial charge on any atom is 0.257 e. The smallest absolute Gasteiger partial charge is 0.257 e. The normalized spacial score (nSPS) is 18.9. The minimum Gasteiger partial charge on any atom is -0.324 e. The minimum absolute atomic E-state index is 0.0966. The molecule has 5 nitrogen and oxygen atoms in total. The van der Waals surface area contributed by atoms with Crippen LogP contribution in [0, 0.1) is 0 Å². The summed E-state index contributed by atoms with van der Waals surface area (Å²) in [6.07, 6.45) is 4.84. The lowest BCUT2D eigenvalue weighted by molar-refractivity contribution is -0.122. The molecule has 102 valence electrons. The van der Waals surface area contributed by atoms with E-state index in [-0.39, 0.29) is 18.2 Å². The second-order valence-corrected chi connectivity index (χ2v) is 5.30. The molecule has 1 saturated heterocycles. The first-order valence-corrected chi connectivity index (χ1v) is 6.62. The first kappa shape index (κ1) is 13.1. The molecular weight excluding hydrogens is 301 g/mol. The van der Waals surface area contributed by atoms with Crippen LogP contribution in [-0.2, 0) is 9.59 Å². The number of carbonyl (C=O) groups excluding carboxylic acids is 2. The molecule has 0 spiro atoms. The van der Waals surface area contributed by atoms with Crippen molar-refractivity contribution in [3.05, 3.63) is 47.0 Å². The van der Waals surface area contributed by atoms with Crippen molar-refractivity contribution < 1.29 is 9.59 Å². The molecule has 2 aromatic rings. The summed E-state index contributed by atoms with van der Waals surface area (Å²) in [5.41, 5.74) is 0.389. The Morgan fingerprint density at radius 1 is 1.15 bits per heavy atom. The van der Waals surface area contributed by atoms with Crippen LogP contribution >= 0.6 is 23.2 Å². The van der Waals surface area contributed by atoms with Crippen LogP contribution in [0.3, 0.4) is 0 Å². The Labute approximate surface area is 124 Å². The summed E-state index contributed by atoms with van der Waals surface area (Å²) in [6.45, 7) is 0. The van der Waals surface area contributed by atoms with Crippen LogP contribution in [0.15, 0.2) is 36.9 Å². The van der Waals surface area contributed by atoms with Crippen LogP contribution in [0.1, 0.15) is 12.5 Å². The van der Waals surface area contributed by atoms with Crippen molar-refractivity contribution in [1.29, 1.82) is 0 Å². The van der Waals surface area contributed by atoms with Crippen molar-refractivity contribution in [2.45, 2.75) is 12.5 Å². The van der Waals surface area contributed by atoms with Gasteiger partial charge < -0.3 is 4.57 Å². The van der Waals surface area contributed by atoms with Gasteiger partial charge in [0.2, 0.25) is 5.91 Å². The number of hydrogen-bond acceptors (Lipinski definition) is 3. The number of carbonyl (C=O) groups is 2. The predicted octanol–water partition coefficient (Wildman–Crippen LogP) is 2.69. The summed E-state index contributed by atoms with van der Waals surface area (Å²) in [5.74, 6) is -0.599. The van der Waals surface area contributed by atoms with Gasteiger partial charge in [0.25, 0.3) is 5.91 Å². The summed E-state index contributed by atoms with van der Waals surface area (Å²) in [7, 11) is 0. The number of amides is 2. The van der Waals surface area contributed by atoms with E-state index in [1.54, 1.807) is 35.2 Å². The monoisotopic (exact) mass is 309 g/mol. The molecule has 1 aromatic carbocycles. The van der Waals surface area contributed by atoms with Crippen molar-refractivity contribution in [2.24, 2.45) is 0 Å². The lowest BCUT2D eigenvalue weighted by Gasteiger charge is -2.16. The summed E-state index contributed by atoms with van der Waals surface area (Å²) in [4.78, 5) is 29.5. The summed E-state index contributed by atoms with van der Waals surface area (Å²) in [5, 5.41) is 0.748. The summed E-state index contributed by atoms with van der Waals surface area (Å²) in [6, 6.07) is 4.06. The summed E-state index contributed by atoms with van der Waals surface area (Å²) >= 11 is 11.8. The Balaban J connectivity index is 1.98. The van der Waals surface area contributed by atoms with E-state index in [0.29, 0.717) is 15.7 Å². The maximum atomic E-state index is 12.4. The quantitative estimate of drug-likeness (QED) is 0.801. The highest BCUT2D eigenvalue weighted by Crippen LogP contribution is 2.32. The van der Waals surface area contributed by atoms with E-state index in [0.717, 1.165) is 4.90 Å². The third kappa shape index (κ3) is 2.19. The SMILES string of the molecule is O=C1CC(n2ccnc2)C(=O)N1c1cc(Cl)cc(Cl)c1. The van der Waals surface area contributed by atoms with E-state index < -0.39 is 6.04 Å². The van der Waals surface area contributed by atoms with Gasteiger partial charge in [-0.3, -0.25) is 9.59 Å². The van der Waals surface area contributed by atoms with Crippen molar-refractivity contribution in [2.75, 3.05) is 4.90 Å². The van der Waals surface area contributed by atoms with Crippen molar-refractivity contribution in [3.8, 4) is 0 Å². The molecule has 0 bridgehead atoms. The highest BCUT2D eigenvalue weighted by Gasteiger charge is 2.40. The van der Waals surface area contributed by atoms with Crippen molar-refractivity contribution in [1.82, 2.24) is 9.55 Å². The van der Waals surface area contributed by atoms with Crippen molar-refractivity contribution in [3.63, 3.8) is 0 Å². The van der Waals surface area contributed by atoms with Gasteiger partial charge in [-0.1, -0.05) is 23.2 Å². The zero-order valence-corrected chi connectivity index (χ0v) is 11.7. The van der Waals surface area contributed by atoms with Crippen LogP contribution in [0.2, 0.25) is 10.0 Å². The fourth-order valence-corrected chi connectivity index (χ4v) is 2.76. The molecule has 1 unspecified atom stereocenters. The van der Waals surface area contributed by atoms with E-state index in [2.05, 4.69) is 4.98 Å². The third-order valence-corrected chi connectivity index (χ3v) is 3.55. The van der Waals surface area contributed by atoms with E-state index in [4.69, 9.17) is 23.2 Å². The lowest BCUT2D eigenvalue weighted by atomic mass is 10.2. The number of anilines is 1. The van der Waals surface area contributed by atoms with E-state index in [1.807, 2.05) is 0 Å². The molecule has 7 heteroatoms. The molecule has 3 rings (SSSR count). The Kier molecular flexibility index (Phi) is 3.23. The number of nitrogens with zero attached hydrogens (tertiary/aromatic N) is 3. The molecule has 1 fully saturated rings. The van der Waals surface area contributed by atoms with Crippen LogP contribution in [0.5, 0.6) is 0 Å². The molecule has 1 aromatic heterocycles. The van der Waals surface area contributed by atoms with Gasteiger partial charge >= 0.3 is 0 Å². The third-order valence-electron chi connectivity index (χ3n) is 3.11. The number of rotatable bonds is 2. The molecule has 2 amide bonds. The van der Waals surface area contributed by atoms with Gasteiger partial charge in [-0.25, -0.2) is 9.88 Å². The second kappa shape index (κ2) is 4.92. The predicted molar refractivity (Wildman–Crippen MR) is 74.8 cm³/mol. The number of halogens is 2. The largest absolute Gasteiger partial charge is 0.324 e. The minimum atomic E-state index is -0.567. The fraction of sp³-hybridized carbons (Fsp3) is 0.154. The molecule has 1 aliphatic rings. The number of benzene rings is 1. The highest BCUT2D eigenvalue weighted by molar-refractivity contribution is 6.35. The fourth-order valence-electron chi connectivity index (χ4n) is 2.24. The van der Waals surface area contributed by atoms with Gasteiger partial charge in [-0.05, 0) is 18.2 Å². The second-order valence-electron chi connectivity index (χ2n) is 4.42. The highest BCUT2D eigenvalue weighted by atomic mass is 35.5. The first-order valence-electron chi connectivity index (χ1n) is 5.86. The molecule has 1 atom stereocenters. The van der Waals surface area contributed by atoms with Crippen LogP contribution in [-0.4, -0.2) is 21.4 Å². The molecule has 0 aliphatic carbocycles. The van der Waals surface area contributed by atoms with Gasteiger partial charge in [0.15, 0.2) is 0 Å². The number of aromatic nitrogens is 2. The zero-order chi connectivity index (χ0) is 14.3. The van der Waals surface area contributed by atoms with Gasteiger partial charge in [0, 0.05) is 22.4 Å². The standard InChI is InChI=1S/C13H9Cl2N3O2/c14-8-3-9(15)5-10(4-8)18-12(19)6-11(13(18)20)17-2-1-16-7-17/h1-5,7,11H,6H2. The Morgan fingerprint density at radius 3 is 2.45 bits per heavy atom. The van der Waals surface area contributed by atoms with Crippen LogP contribution in [0.4, 0.5) is 5.69 Å². The molecule has 20 heavy (non-hydrogen) atoms. The Morgan fingerprint density at radius 2 is 1.85 bits per heavy atom. The average molecular weight is 310 g/mol. The number of imidazole rings is 1. The van der Waals surface area contributed by atoms with E-state index in [1.165, 1.54) is 6.33 Å². The van der Waals surface area contributed by atoms with Crippen LogP contribution < -0.4 is 4.90 Å². The topological polar surface area (TPSA) is 55.2 Å². The molecule has 1 aliphatic heterocycles. The van der Waals surface area contributed by atoms with E-state index >= 15 is 0 Å². The average Bonchev–Trinajstić information content (AvgIpc) is 2.96. The molecule has 2 heterocycles. The number of imide groups is 1. The Hall–Kier alpha value is -1.85. The van der Waals surface area contributed by atoms with Gasteiger partial charge in [0.1, 0.15) is 6.04 Å². The van der Waals surface area contributed by atoms with Gasteiger partial charge in [-0.15, -0.1) is 0 Å². The summed E-state index contributed by atoms with van der Waals surface area (Å²) < 4.78 is 1.62. The Bertz CT molecular complexity index is 665. The van der Waals surface area contributed by atoms with Gasteiger partial charge in [-0.2, -0.15) is 0 Å². The molecule has 0 saturated carbocycles. The van der Waals surface area contributed by atoms with Crippen molar-refractivity contribution >= 4 is 40.7 Å². The van der Waals surface area contributed by atoms with Gasteiger partial charge in [0.05, 0.1) is 18.4 Å². The number of hydrogen-bond donors (Lipinski definition) is 0.